The maximum Gasteiger partial charge on any atom is 0.264 e. The van der Waals surface area contributed by atoms with Gasteiger partial charge in [0.05, 0.1) is 5.69 Å². The Balaban J connectivity index is 2.56. The summed E-state index contributed by atoms with van der Waals surface area (Å²) in [5, 5.41) is 15.7. The number of nitrogens with zero attached hydrogens (tertiary/aromatic N) is 2. The molecule has 0 atom stereocenters. The molecule has 5 nitrogen and oxygen atoms in total. The van der Waals surface area contributed by atoms with Gasteiger partial charge in [0.25, 0.3) is 5.91 Å². The first kappa shape index (κ1) is 14.1. The van der Waals surface area contributed by atoms with Gasteiger partial charge in [0, 0.05) is 13.2 Å². The molecular formula is C11H19N3O2S. The summed E-state index contributed by atoms with van der Waals surface area (Å²) in [4.78, 5) is 12.5. The van der Waals surface area contributed by atoms with Crippen molar-refractivity contribution in [3.63, 3.8) is 0 Å². The van der Waals surface area contributed by atoms with E-state index in [1.54, 1.807) is 0 Å². The SMILES string of the molecule is CCc1nnsc1C(=O)NCC(C)(C)CCO. The van der Waals surface area contributed by atoms with E-state index in [-0.39, 0.29) is 17.9 Å². The predicted octanol–water partition coefficient (Wildman–Crippen LogP) is 1.24. The molecule has 0 aliphatic rings. The predicted molar refractivity (Wildman–Crippen MR) is 67.1 cm³/mol. The Morgan fingerprint density at radius 1 is 1.53 bits per heavy atom. The van der Waals surface area contributed by atoms with Crippen LogP contribution in [0.2, 0.25) is 0 Å². The van der Waals surface area contributed by atoms with E-state index in [1.807, 2.05) is 20.8 Å². The molecule has 0 saturated heterocycles. The third kappa shape index (κ3) is 4.05. The fraction of sp³-hybridized carbons (Fsp3) is 0.727. The molecule has 1 heterocycles. The monoisotopic (exact) mass is 257 g/mol. The van der Waals surface area contributed by atoms with Crippen LogP contribution in [0.3, 0.4) is 0 Å². The molecule has 1 aromatic rings. The van der Waals surface area contributed by atoms with Gasteiger partial charge in [0.2, 0.25) is 0 Å². The summed E-state index contributed by atoms with van der Waals surface area (Å²) in [6.07, 6.45) is 1.37. The minimum atomic E-state index is -0.122. The lowest BCUT2D eigenvalue weighted by atomic mass is 9.90. The molecule has 6 heteroatoms. The number of carbonyl (C=O) groups is 1. The molecule has 0 fully saturated rings. The normalized spacial score (nSPS) is 11.5. The van der Waals surface area contributed by atoms with Gasteiger partial charge in [0.1, 0.15) is 4.88 Å². The maximum atomic E-state index is 11.9. The average molecular weight is 257 g/mol. The smallest absolute Gasteiger partial charge is 0.264 e. The quantitative estimate of drug-likeness (QED) is 0.804. The van der Waals surface area contributed by atoms with Gasteiger partial charge < -0.3 is 10.4 Å². The van der Waals surface area contributed by atoms with Crippen LogP contribution < -0.4 is 5.32 Å². The highest BCUT2D eigenvalue weighted by atomic mass is 32.1. The summed E-state index contributed by atoms with van der Waals surface area (Å²) in [5.41, 5.74) is 0.641. The zero-order chi connectivity index (χ0) is 12.9. The highest BCUT2D eigenvalue weighted by Gasteiger charge is 2.20. The summed E-state index contributed by atoms with van der Waals surface area (Å²) < 4.78 is 3.79. The van der Waals surface area contributed by atoms with Gasteiger partial charge in [-0.2, -0.15) is 0 Å². The molecule has 0 aromatic carbocycles. The lowest BCUT2D eigenvalue weighted by molar-refractivity contribution is 0.0931. The fourth-order valence-corrected chi connectivity index (χ4v) is 2.07. The number of aliphatic hydroxyl groups excluding tert-OH is 1. The van der Waals surface area contributed by atoms with Crippen molar-refractivity contribution >= 4 is 17.4 Å². The number of aliphatic hydroxyl groups is 1. The van der Waals surface area contributed by atoms with Crippen molar-refractivity contribution in [2.24, 2.45) is 5.41 Å². The molecule has 2 N–H and O–H groups in total. The van der Waals surface area contributed by atoms with E-state index in [1.165, 1.54) is 0 Å². The Morgan fingerprint density at radius 3 is 2.82 bits per heavy atom. The standard InChI is InChI=1S/C11H19N3O2S/c1-4-8-9(17-14-13-8)10(16)12-7-11(2,3)5-6-15/h15H,4-7H2,1-3H3,(H,12,16). The number of hydrogen-bond acceptors (Lipinski definition) is 5. The van der Waals surface area contributed by atoms with Crippen LogP contribution in [0.4, 0.5) is 0 Å². The summed E-state index contributed by atoms with van der Waals surface area (Å²) >= 11 is 1.12. The molecule has 0 saturated carbocycles. The van der Waals surface area contributed by atoms with Gasteiger partial charge in [-0.3, -0.25) is 4.79 Å². The third-order valence-electron chi connectivity index (χ3n) is 2.61. The van der Waals surface area contributed by atoms with Crippen molar-refractivity contribution in [1.29, 1.82) is 0 Å². The van der Waals surface area contributed by atoms with Crippen LogP contribution in [0.15, 0.2) is 0 Å². The molecular weight excluding hydrogens is 238 g/mol. The highest BCUT2D eigenvalue weighted by Crippen LogP contribution is 2.19. The third-order valence-corrected chi connectivity index (χ3v) is 3.38. The van der Waals surface area contributed by atoms with Gasteiger partial charge >= 0.3 is 0 Å². The minimum Gasteiger partial charge on any atom is -0.396 e. The summed E-state index contributed by atoms with van der Waals surface area (Å²) in [5.74, 6) is -0.122. The summed E-state index contributed by atoms with van der Waals surface area (Å²) in [6.45, 7) is 6.63. The van der Waals surface area contributed by atoms with Crippen molar-refractivity contribution in [2.45, 2.75) is 33.6 Å². The van der Waals surface area contributed by atoms with E-state index < -0.39 is 0 Å². The topological polar surface area (TPSA) is 75.1 Å². The van der Waals surface area contributed by atoms with Crippen LogP contribution in [-0.2, 0) is 6.42 Å². The maximum absolute atomic E-state index is 11.9. The second-order valence-electron chi connectivity index (χ2n) is 4.72. The van der Waals surface area contributed by atoms with Gasteiger partial charge in [-0.25, -0.2) is 0 Å². The van der Waals surface area contributed by atoms with E-state index in [9.17, 15) is 4.79 Å². The molecule has 1 aromatic heterocycles. The van der Waals surface area contributed by atoms with Crippen molar-refractivity contribution in [3.05, 3.63) is 10.6 Å². The molecule has 96 valence electrons. The van der Waals surface area contributed by atoms with Crippen molar-refractivity contribution in [3.8, 4) is 0 Å². The Bertz CT molecular complexity index is 377. The van der Waals surface area contributed by atoms with E-state index in [0.29, 0.717) is 24.3 Å². The van der Waals surface area contributed by atoms with E-state index in [4.69, 9.17) is 5.11 Å². The zero-order valence-corrected chi connectivity index (χ0v) is 11.3. The summed E-state index contributed by atoms with van der Waals surface area (Å²) in [6, 6.07) is 0. The van der Waals surface area contributed by atoms with Gasteiger partial charge in [-0.1, -0.05) is 25.3 Å². The Kier molecular flexibility index (Phi) is 5.02. The second-order valence-corrected chi connectivity index (χ2v) is 5.48. The number of carbonyl (C=O) groups excluding carboxylic acids is 1. The van der Waals surface area contributed by atoms with Crippen LogP contribution in [0.1, 0.15) is 42.6 Å². The van der Waals surface area contributed by atoms with E-state index >= 15 is 0 Å². The number of rotatable bonds is 6. The molecule has 0 aliphatic carbocycles. The highest BCUT2D eigenvalue weighted by molar-refractivity contribution is 7.08. The Morgan fingerprint density at radius 2 is 2.24 bits per heavy atom. The Hall–Kier alpha value is -1.01. The first-order valence-corrected chi connectivity index (χ1v) is 6.48. The second kappa shape index (κ2) is 6.07. The van der Waals surface area contributed by atoms with Gasteiger partial charge in [-0.05, 0) is 29.8 Å². The number of aryl methyl sites for hydroxylation is 1. The minimum absolute atomic E-state index is 0.102. The molecule has 0 unspecified atom stereocenters. The first-order valence-electron chi connectivity index (χ1n) is 5.70. The lowest BCUT2D eigenvalue weighted by Crippen LogP contribution is -2.34. The number of amides is 1. The van der Waals surface area contributed by atoms with Gasteiger partial charge in [-0.15, -0.1) is 5.10 Å². The number of nitrogens with one attached hydrogen (secondary N) is 1. The van der Waals surface area contributed by atoms with Crippen LogP contribution in [-0.4, -0.2) is 33.8 Å². The molecule has 0 radical (unpaired) electrons. The van der Waals surface area contributed by atoms with Crippen LogP contribution in [0, 0.1) is 5.41 Å². The van der Waals surface area contributed by atoms with Crippen molar-refractivity contribution in [2.75, 3.05) is 13.2 Å². The van der Waals surface area contributed by atoms with Crippen molar-refractivity contribution < 1.29 is 9.90 Å². The molecule has 0 aliphatic heterocycles. The average Bonchev–Trinajstić information content (AvgIpc) is 2.74. The molecule has 1 rings (SSSR count). The van der Waals surface area contributed by atoms with Crippen LogP contribution >= 0.6 is 11.5 Å². The Labute approximate surface area is 105 Å². The first-order chi connectivity index (χ1) is 8.00. The van der Waals surface area contributed by atoms with Crippen LogP contribution in [0.5, 0.6) is 0 Å². The number of hydrogen-bond donors (Lipinski definition) is 2. The van der Waals surface area contributed by atoms with Crippen molar-refractivity contribution in [1.82, 2.24) is 14.9 Å². The molecule has 0 spiro atoms. The van der Waals surface area contributed by atoms with Gasteiger partial charge in [0.15, 0.2) is 0 Å². The molecule has 0 bridgehead atoms. The van der Waals surface area contributed by atoms with E-state index in [0.717, 1.165) is 17.2 Å². The molecule has 17 heavy (non-hydrogen) atoms. The van der Waals surface area contributed by atoms with E-state index in [2.05, 4.69) is 14.9 Å². The summed E-state index contributed by atoms with van der Waals surface area (Å²) in [7, 11) is 0. The van der Waals surface area contributed by atoms with Crippen LogP contribution in [0.25, 0.3) is 0 Å². The largest absolute Gasteiger partial charge is 0.396 e. The lowest BCUT2D eigenvalue weighted by Gasteiger charge is -2.23. The fourth-order valence-electron chi connectivity index (χ4n) is 1.40. The zero-order valence-electron chi connectivity index (χ0n) is 10.5. The number of aromatic nitrogens is 2. The molecule has 1 amide bonds.